The zero-order valence-electron chi connectivity index (χ0n) is 9.54. The predicted molar refractivity (Wildman–Crippen MR) is 59.7 cm³/mol. The first-order chi connectivity index (χ1) is 7.27. The lowest BCUT2D eigenvalue weighted by Gasteiger charge is -2.35. The van der Waals surface area contributed by atoms with Gasteiger partial charge in [0.15, 0.2) is 0 Å². The summed E-state index contributed by atoms with van der Waals surface area (Å²) in [4.78, 5) is 16.4. The van der Waals surface area contributed by atoms with Crippen LogP contribution in [0.1, 0.15) is 12.8 Å². The third kappa shape index (κ3) is 2.69. The number of hydrogen-bond acceptors (Lipinski definition) is 3. The van der Waals surface area contributed by atoms with Gasteiger partial charge < -0.3 is 15.1 Å². The second-order valence-electron chi connectivity index (χ2n) is 4.67. The van der Waals surface area contributed by atoms with Gasteiger partial charge in [0.2, 0.25) is 5.91 Å². The number of hydrogen-bond donors (Lipinski definition) is 1. The maximum atomic E-state index is 12.1. The third-order valence-corrected chi connectivity index (χ3v) is 3.46. The molecule has 4 heteroatoms. The molecule has 15 heavy (non-hydrogen) atoms. The first-order valence-electron chi connectivity index (χ1n) is 5.95. The highest BCUT2D eigenvalue weighted by molar-refractivity contribution is 5.79. The van der Waals surface area contributed by atoms with E-state index in [-0.39, 0.29) is 5.92 Å². The fourth-order valence-corrected chi connectivity index (χ4v) is 2.35. The molecule has 1 unspecified atom stereocenters. The van der Waals surface area contributed by atoms with E-state index in [2.05, 4.69) is 17.3 Å². The van der Waals surface area contributed by atoms with Crippen LogP contribution in [0.5, 0.6) is 0 Å². The minimum Gasteiger partial charge on any atom is -0.340 e. The Hall–Kier alpha value is -0.610. The maximum Gasteiger partial charge on any atom is 0.227 e. The molecule has 0 aromatic carbocycles. The van der Waals surface area contributed by atoms with Crippen molar-refractivity contribution >= 4 is 5.91 Å². The molecule has 2 saturated heterocycles. The van der Waals surface area contributed by atoms with Crippen LogP contribution in [-0.2, 0) is 4.79 Å². The molecule has 2 aliphatic heterocycles. The van der Waals surface area contributed by atoms with Crippen molar-refractivity contribution in [3.8, 4) is 0 Å². The van der Waals surface area contributed by atoms with Gasteiger partial charge in [0, 0.05) is 32.7 Å². The lowest BCUT2D eigenvalue weighted by Crippen LogP contribution is -2.51. The highest BCUT2D eigenvalue weighted by Gasteiger charge is 2.27. The lowest BCUT2D eigenvalue weighted by molar-refractivity contribution is -0.137. The van der Waals surface area contributed by atoms with Crippen LogP contribution in [0.2, 0.25) is 0 Å². The number of piperazine rings is 1. The van der Waals surface area contributed by atoms with E-state index in [1.807, 2.05) is 4.90 Å². The second-order valence-corrected chi connectivity index (χ2v) is 4.67. The van der Waals surface area contributed by atoms with E-state index >= 15 is 0 Å². The number of piperidine rings is 1. The van der Waals surface area contributed by atoms with Crippen molar-refractivity contribution in [2.75, 3.05) is 46.3 Å². The molecular weight excluding hydrogens is 190 g/mol. The molecule has 0 bridgehead atoms. The molecule has 1 atom stereocenters. The fraction of sp³-hybridized carbons (Fsp3) is 0.909. The van der Waals surface area contributed by atoms with Gasteiger partial charge in [-0.1, -0.05) is 0 Å². The van der Waals surface area contributed by atoms with Crippen LogP contribution in [0.3, 0.4) is 0 Å². The van der Waals surface area contributed by atoms with E-state index in [0.29, 0.717) is 5.91 Å². The van der Waals surface area contributed by atoms with Crippen molar-refractivity contribution in [2.24, 2.45) is 5.92 Å². The second kappa shape index (κ2) is 4.94. The van der Waals surface area contributed by atoms with Crippen LogP contribution < -0.4 is 5.32 Å². The predicted octanol–water partition coefficient (Wildman–Crippen LogP) is -0.240. The fourth-order valence-electron chi connectivity index (χ4n) is 2.35. The summed E-state index contributed by atoms with van der Waals surface area (Å²) in [5.74, 6) is 0.609. The molecule has 2 rings (SSSR count). The van der Waals surface area contributed by atoms with E-state index in [4.69, 9.17) is 0 Å². The number of rotatable bonds is 1. The summed E-state index contributed by atoms with van der Waals surface area (Å²) in [5.41, 5.74) is 0. The molecule has 0 aromatic rings. The molecule has 0 aliphatic carbocycles. The Bertz CT molecular complexity index is 218. The van der Waals surface area contributed by atoms with Crippen molar-refractivity contribution in [3.05, 3.63) is 0 Å². The smallest absolute Gasteiger partial charge is 0.227 e. The van der Waals surface area contributed by atoms with Crippen LogP contribution in [0.15, 0.2) is 0 Å². The van der Waals surface area contributed by atoms with Crippen LogP contribution in [0.4, 0.5) is 0 Å². The zero-order chi connectivity index (χ0) is 10.7. The number of nitrogens with zero attached hydrogens (tertiary/aromatic N) is 2. The summed E-state index contributed by atoms with van der Waals surface area (Å²) in [6, 6.07) is 0. The van der Waals surface area contributed by atoms with Crippen LogP contribution in [-0.4, -0.2) is 62.0 Å². The SMILES string of the molecule is CN1CCN(C(=O)C2CCCNC2)CC1. The Morgan fingerprint density at radius 2 is 2.00 bits per heavy atom. The summed E-state index contributed by atoms with van der Waals surface area (Å²) < 4.78 is 0. The molecule has 0 saturated carbocycles. The number of carbonyl (C=O) groups excluding carboxylic acids is 1. The number of amides is 1. The minimum atomic E-state index is 0.238. The van der Waals surface area contributed by atoms with Gasteiger partial charge in [0.25, 0.3) is 0 Å². The average molecular weight is 211 g/mol. The third-order valence-electron chi connectivity index (χ3n) is 3.46. The van der Waals surface area contributed by atoms with E-state index in [1.165, 1.54) is 0 Å². The van der Waals surface area contributed by atoms with Crippen molar-refractivity contribution in [1.29, 1.82) is 0 Å². The first kappa shape index (κ1) is 10.9. The lowest BCUT2D eigenvalue weighted by atomic mass is 9.98. The van der Waals surface area contributed by atoms with E-state index < -0.39 is 0 Å². The number of nitrogens with one attached hydrogen (secondary N) is 1. The molecule has 4 nitrogen and oxygen atoms in total. The Kier molecular flexibility index (Phi) is 3.59. The Labute approximate surface area is 91.6 Å². The molecule has 2 heterocycles. The van der Waals surface area contributed by atoms with Crippen LogP contribution in [0, 0.1) is 5.92 Å². The van der Waals surface area contributed by atoms with E-state index in [9.17, 15) is 4.79 Å². The normalized spacial score (nSPS) is 29.1. The van der Waals surface area contributed by atoms with Gasteiger partial charge in [0.1, 0.15) is 0 Å². The van der Waals surface area contributed by atoms with Crippen molar-refractivity contribution < 1.29 is 4.79 Å². The topological polar surface area (TPSA) is 35.6 Å². The van der Waals surface area contributed by atoms with Gasteiger partial charge in [-0.3, -0.25) is 4.79 Å². The highest BCUT2D eigenvalue weighted by Crippen LogP contribution is 2.14. The zero-order valence-corrected chi connectivity index (χ0v) is 9.54. The first-order valence-corrected chi connectivity index (χ1v) is 5.95. The molecule has 0 aromatic heterocycles. The summed E-state index contributed by atoms with van der Waals surface area (Å²) in [6.07, 6.45) is 2.21. The number of carbonyl (C=O) groups is 1. The summed E-state index contributed by atoms with van der Waals surface area (Å²) in [5, 5.41) is 3.31. The highest BCUT2D eigenvalue weighted by atomic mass is 16.2. The van der Waals surface area contributed by atoms with Crippen molar-refractivity contribution in [3.63, 3.8) is 0 Å². The van der Waals surface area contributed by atoms with E-state index in [0.717, 1.165) is 52.1 Å². The van der Waals surface area contributed by atoms with Gasteiger partial charge in [-0.05, 0) is 26.4 Å². The largest absolute Gasteiger partial charge is 0.340 e. The minimum absolute atomic E-state index is 0.238. The summed E-state index contributed by atoms with van der Waals surface area (Å²) in [6.45, 7) is 5.81. The average Bonchev–Trinajstić information content (AvgIpc) is 2.30. The molecular formula is C11H21N3O. The maximum absolute atomic E-state index is 12.1. The molecule has 1 N–H and O–H groups in total. The van der Waals surface area contributed by atoms with Crippen molar-refractivity contribution in [1.82, 2.24) is 15.1 Å². The molecule has 2 fully saturated rings. The molecule has 0 spiro atoms. The molecule has 86 valence electrons. The number of likely N-dealkylation sites (N-methyl/N-ethyl adjacent to an activating group) is 1. The van der Waals surface area contributed by atoms with Gasteiger partial charge in [0.05, 0.1) is 5.92 Å². The summed E-state index contributed by atoms with van der Waals surface area (Å²) in [7, 11) is 2.12. The van der Waals surface area contributed by atoms with Gasteiger partial charge >= 0.3 is 0 Å². The molecule has 2 aliphatic rings. The summed E-state index contributed by atoms with van der Waals surface area (Å²) >= 11 is 0. The van der Waals surface area contributed by atoms with Crippen LogP contribution >= 0.6 is 0 Å². The van der Waals surface area contributed by atoms with Gasteiger partial charge in [-0.2, -0.15) is 0 Å². The molecule has 1 amide bonds. The Balaban J connectivity index is 1.84. The van der Waals surface area contributed by atoms with Crippen LogP contribution in [0.25, 0.3) is 0 Å². The van der Waals surface area contributed by atoms with Gasteiger partial charge in [-0.15, -0.1) is 0 Å². The molecule has 0 radical (unpaired) electrons. The van der Waals surface area contributed by atoms with E-state index in [1.54, 1.807) is 0 Å². The van der Waals surface area contributed by atoms with Gasteiger partial charge in [-0.25, -0.2) is 0 Å². The Morgan fingerprint density at radius 1 is 1.27 bits per heavy atom. The standard InChI is InChI=1S/C11H21N3O/c1-13-5-7-14(8-6-13)11(15)10-3-2-4-12-9-10/h10,12H,2-9H2,1H3. The Morgan fingerprint density at radius 3 is 2.60 bits per heavy atom. The van der Waals surface area contributed by atoms with Crippen molar-refractivity contribution in [2.45, 2.75) is 12.8 Å². The quantitative estimate of drug-likeness (QED) is 0.650. The monoisotopic (exact) mass is 211 g/mol.